The molecule has 1 amide bonds. The van der Waals surface area contributed by atoms with E-state index in [-0.39, 0.29) is 24.1 Å². The van der Waals surface area contributed by atoms with E-state index in [1.165, 1.54) is 39.8 Å². The Morgan fingerprint density at radius 3 is 2.33 bits per heavy atom. The number of rotatable bonds is 11. The van der Waals surface area contributed by atoms with Crippen LogP contribution in [0.1, 0.15) is 69.6 Å². The van der Waals surface area contributed by atoms with Gasteiger partial charge in [-0.3, -0.25) is 9.59 Å². The molecule has 1 aromatic heterocycles. The number of halogens is 1. The SMILES string of the molecule is CCCC(Sc1cc(C)c(-c2ccc(C(C)(F)P)cc2)c(C)c1)c1ccc(C(=O)NCCC(=O)O)s1. The molecule has 4 nitrogen and oxygen atoms in total. The molecule has 0 aliphatic carbocycles. The predicted molar refractivity (Wildman–Crippen MR) is 152 cm³/mol. The minimum Gasteiger partial charge on any atom is -0.481 e. The van der Waals surface area contributed by atoms with Gasteiger partial charge in [-0.2, -0.15) is 0 Å². The van der Waals surface area contributed by atoms with E-state index in [2.05, 4.69) is 47.5 Å². The molecule has 36 heavy (non-hydrogen) atoms. The van der Waals surface area contributed by atoms with Crippen LogP contribution in [0.2, 0.25) is 0 Å². The van der Waals surface area contributed by atoms with Crippen LogP contribution in [-0.4, -0.2) is 23.5 Å². The number of aryl methyl sites for hydroxylation is 2. The van der Waals surface area contributed by atoms with Crippen molar-refractivity contribution in [2.75, 3.05) is 6.54 Å². The highest BCUT2D eigenvalue weighted by atomic mass is 32.2. The summed E-state index contributed by atoms with van der Waals surface area (Å²) in [5.41, 5.74) is 5.20. The minimum absolute atomic E-state index is 0.0932. The van der Waals surface area contributed by atoms with Gasteiger partial charge in [-0.05, 0) is 79.3 Å². The van der Waals surface area contributed by atoms with Gasteiger partial charge < -0.3 is 10.4 Å². The second kappa shape index (κ2) is 12.4. The minimum atomic E-state index is -1.45. The fraction of sp³-hybridized carbons (Fsp3) is 0.357. The van der Waals surface area contributed by atoms with E-state index in [4.69, 9.17) is 5.11 Å². The van der Waals surface area contributed by atoms with Crippen LogP contribution in [0.4, 0.5) is 4.39 Å². The van der Waals surface area contributed by atoms with Crippen LogP contribution in [0, 0.1) is 13.8 Å². The van der Waals surface area contributed by atoms with Crippen molar-refractivity contribution in [1.82, 2.24) is 5.32 Å². The summed E-state index contributed by atoms with van der Waals surface area (Å²) < 4.78 is 14.2. The van der Waals surface area contributed by atoms with E-state index < -0.39 is 11.4 Å². The monoisotopic (exact) mass is 545 g/mol. The summed E-state index contributed by atoms with van der Waals surface area (Å²) in [4.78, 5) is 26.0. The van der Waals surface area contributed by atoms with Gasteiger partial charge in [0.15, 0.2) is 0 Å². The lowest BCUT2D eigenvalue weighted by Gasteiger charge is -2.18. The predicted octanol–water partition coefficient (Wildman–Crippen LogP) is 7.89. The van der Waals surface area contributed by atoms with Crippen molar-refractivity contribution >= 4 is 44.2 Å². The maximum absolute atomic E-state index is 14.2. The number of carbonyl (C=O) groups excluding carboxylic acids is 1. The number of amides is 1. The molecule has 3 atom stereocenters. The van der Waals surface area contributed by atoms with E-state index in [1.54, 1.807) is 11.8 Å². The van der Waals surface area contributed by atoms with Crippen molar-refractivity contribution in [1.29, 1.82) is 0 Å². The van der Waals surface area contributed by atoms with Gasteiger partial charge in [0.05, 0.1) is 11.3 Å². The molecule has 0 saturated carbocycles. The Kier molecular flexibility index (Phi) is 9.73. The lowest BCUT2D eigenvalue weighted by atomic mass is 9.94. The van der Waals surface area contributed by atoms with E-state index in [0.717, 1.165) is 23.3 Å². The molecule has 8 heteroatoms. The fourth-order valence-electron chi connectivity index (χ4n) is 4.11. The third kappa shape index (κ3) is 7.41. The Bertz CT molecular complexity index is 1200. The zero-order chi connectivity index (χ0) is 26.5. The summed E-state index contributed by atoms with van der Waals surface area (Å²) >= 11 is 3.27. The van der Waals surface area contributed by atoms with Gasteiger partial charge in [-0.15, -0.1) is 23.1 Å². The lowest BCUT2D eigenvalue weighted by molar-refractivity contribution is -0.136. The van der Waals surface area contributed by atoms with Gasteiger partial charge >= 0.3 is 5.97 Å². The first-order chi connectivity index (χ1) is 17.0. The fourth-order valence-corrected chi connectivity index (χ4v) is 6.90. The van der Waals surface area contributed by atoms with Crippen molar-refractivity contribution < 1.29 is 19.1 Å². The summed E-state index contributed by atoms with van der Waals surface area (Å²) in [7, 11) is 2.24. The number of nitrogens with one attached hydrogen (secondary N) is 1. The Morgan fingerprint density at radius 1 is 1.14 bits per heavy atom. The summed E-state index contributed by atoms with van der Waals surface area (Å²) in [5, 5.41) is 10.2. The molecule has 3 aromatic rings. The van der Waals surface area contributed by atoms with Gasteiger partial charge in [0.1, 0.15) is 5.41 Å². The molecular weight excluding hydrogens is 512 g/mol. The normalized spacial score (nSPS) is 13.7. The molecule has 0 bridgehead atoms. The standard InChI is InChI=1S/C28H33FNO3PS2/c1-5-6-22(23-11-12-24(36-23)27(33)30-14-13-25(31)32)35-21-15-17(2)26(18(3)16-21)19-7-9-20(10-8-19)28(4,29)34/h7-12,15-16,22H,5-6,13-14,34H2,1-4H3,(H,30,33)(H,31,32). The molecule has 0 spiro atoms. The highest BCUT2D eigenvalue weighted by Gasteiger charge is 2.20. The van der Waals surface area contributed by atoms with Crippen molar-refractivity contribution in [3.8, 4) is 11.1 Å². The molecule has 0 aliphatic rings. The smallest absolute Gasteiger partial charge is 0.305 e. The van der Waals surface area contributed by atoms with E-state index >= 15 is 0 Å². The molecule has 0 radical (unpaired) electrons. The zero-order valence-electron chi connectivity index (χ0n) is 21.1. The van der Waals surface area contributed by atoms with Crippen LogP contribution in [0.15, 0.2) is 53.4 Å². The van der Waals surface area contributed by atoms with Gasteiger partial charge in [-0.1, -0.05) is 46.8 Å². The van der Waals surface area contributed by atoms with Crippen molar-refractivity contribution in [3.05, 3.63) is 75.0 Å². The maximum atomic E-state index is 14.2. The first kappa shape index (κ1) is 28.4. The Morgan fingerprint density at radius 2 is 1.78 bits per heavy atom. The van der Waals surface area contributed by atoms with Gasteiger partial charge in [-0.25, -0.2) is 4.39 Å². The number of thioether (sulfide) groups is 1. The van der Waals surface area contributed by atoms with Crippen LogP contribution in [0.25, 0.3) is 11.1 Å². The van der Waals surface area contributed by atoms with Gasteiger partial charge in [0.2, 0.25) is 0 Å². The summed E-state index contributed by atoms with van der Waals surface area (Å²) in [6.45, 7) is 8.02. The van der Waals surface area contributed by atoms with E-state index in [1.807, 2.05) is 36.4 Å². The molecule has 2 aromatic carbocycles. The molecule has 192 valence electrons. The largest absolute Gasteiger partial charge is 0.481 e. The third-order valence-corrected chi connectivity index (χ3v) is 8.83. The summed E-state index contributed by atoms with van der Waals surface area (Å²) in [6, 6.07) is 15.9. The molecule has 3 rings (SSSR count). The van der Waals surface area contributed by atoms with Crippen molar-refractivity contribution in [2.45, 2.75) is 62.5 Å². The molecule has 0 aliphatic heterocycles. The number of thiophene rings is 1. The molecule has 0 saturated heterocycles. The maximum Gasteiger partial charge on any atom is 0.305 e. The first-order valence-electron chi connectivity index (χ1n) is 12.0. The van der Waals surface area contributed by atoms with Crippen LogP contribution in [0.3, 0.4) is 0 Å². The quantitative estimate of drug-likeness (QED) is 0.190. The van der Waals surface area contributed by atoms with Gasteiger partial charge in [0, 0.05) is 21.6 Å². The number of carboxylic acids is 1. The number of hydrogen-bond donors (Lipinski definition) is 2. The number of carboxylic acid groups (broad SMARTS) is 1. The molecule has 3 unspecified atom stereocenters. The lowest BCUT2D eigenvalue weighted by Crippen LogP contribution is -2.25. The van der Waals surface area contributed by atoms with E-state index in [9.17, 15) is 14.0 Å². The van der Waals surface area contributed by atoms with E-state index in [0.29, 0.717) is 10.4 Å². The summed E-state index contributed by atoms with van der Waals surface area (Å²) in [6.07, 6.45) is 1.90. The number of alkyl halides is 1. The molecular formula is C28H33FNO3PS2. The second-order valence-electron chi connectivity index (χ2n) is 9.08. The average Bonchev–Trinajstić information content (AvgIpc) is 3.28. The van der Waals surface area contributed by atoms with Crippen LogP contribution in [-0.2, 0) is 10.2 Å². The van der Waals surface area contributed by atoms with Gasteiger partial charge in [0.25, 0.3) is 5.91 Å². The molecule has 1 heterocycles. The van der Waals surface area contributed by atoms with Crippen molar-refractivity contribution in [3.63, 3.8) is 0 Å². The number of hydrogen-bond acceptors (Lipinski definition) is 4. The number of benzene rings is 2. The topological polar surface area (TPSA) is 66.4 Å². The van der Waals surface area contributed by atoms with Crippen LogP contribution >= 0.6 is 32.3 Å². The Balaban J connectivity index is 1.78. The highest BCUT2D eigenvalue weighted by molar-refractivity contribution is 7.99. The van der Waals surface area contributed by atoms with Crippen LogP contribution in [0.5, 0.6) is 0 Å². The van der Waals surface area contributed by atoms with Crippen LogP contribution < -0.4 is 5.32 Å². The Labute approximate surface area is 223 Å². The third-order valence-electron chi connectivity index (χ3n) is 5.87. The average molecular weight is 546 g/mol. The first-order valence-corrected chi connectivity index (χ1v) is 14.2. The molecule has 2 N–H and O–H groups in total. The Hall–Kier alpha value is -2.21. The zero-order valence-corrected chi connectivity index (χ0v) is 23.8. The van der Waals surface area contributed by atoms with Crippen molar-refractivity contribution in [2.24, 2.45) is 0 Å². The summed E-state index contributed by atoms with van der Waals surface area (Å²) in [5.74, 6) is -1.16. The number of carbonyl (C=O) groups is 2. The molecule has 0 fully saturated rings. The number of aliphatic carboxylic acids is 1. The second-order valence-corrected chi connectivity index (χ2v) is 12.6. The highest BCUT2D eigenvalue weighted by Crippen LogP contribution is 2.43.